The van der Waals surface area contributed by atoms with E-state index in [4.69, 9.17) is 16.3 Å². The van der Waals surface area contributed by atoms with E-state index in [1.165, 1.54) is 31.2 Å². The molecule has 0 spiro atoms. The van der Waals surface area contributed by atoms with Crippen LogP contribution in [0, 0.1) is 0 Å². The third kappa shape index (κ3) is 7.06. The van der Waals surface area contributed by atoms with Gasteiger partial charge in [-0.3, -0.25) is 0 Å². The summed E-state index contributed by atoms with van der Waals surface area (Å²) in [6.07, 6.45) is 5.17. The summed E-state index contributed by atoms with van der Waals surface area (Å²) in [5.41, 5.74) is 2.33. The molecule has 0 bridgehead atoms. The average Bonchev–Trinajstić information content (AvgIpc) is 2.57. The first-order chi connectivity index (χ1) is 11.3. The maximum Gasteiger partial charge on any atom is 0.120 e. The van der Waals surface area contributed by atoms with Crippen molar-refractivity contribution in [3.8, 4) is 5.75 Å². The van der Waals surface area contributed by atoms with Gasteiger partial charge in [0.25, 0.3) is 0 Å². The van der Waals surface area contributed by atoms with E-state index in [-0.39, 0.29) is 0 Å². The highest BCUT2D eigenvalue weighted by molar-refractivity contribution is 6.30. The van der Waals surface area contributed by atoms with E-state index >= 15 is 0 Å². The third-order valence-corrected chi connectivity index (χ3v) is 3.96. The molecule has 2 nitrogen and oxygen atoms in total. The fourth-order valence-electron chi connectivity index (χ4n) is 2.45. The highest BCUT2D eigenvalue weighted by atomic mass is 35.5. The Morgan fingerprint density at radius 2 is 1.78 bits per heavy atom. The van der Waals surface area contributed by atoms with E-state index < -0.39 is 0 Å². The van der Waals surface area contributed by atoms with Gasteiger partial charge in [-0.2, -0.15) is 0 Å². The molecule has 2 aromatic carbocycles. The Bertz CT molecular complexity index is 585. The zero-order valence-corrected chi connectivity index (χ0v) is 14.6. The molecule has 0 aliphatic heterocycles. The lowest BCUT2D eigenvalue weighted by atomic mass is 10.2. The minimum absolute atomic E-state index is 0.536. The van der Waals surface area contributed by atoms with Crippen LogP contribution in [0.3, 0.4) is 0 Å². The largest absolute Gasteiger partial charge is 0.489 e. The van der Waals surface area contributed by atoms with Gasteiger partial charge in [-0.15, -0.1) is 0 Å². The molecule has 0 radical (unpaired) electrons. The number of halogens is 1. The Morgan fingerprint density at radius 1 is 0.957 bits per heavy atom. The van der Waals surface area contributed by atoms with Crippen LogP contribution in [0.4, 0.5) is 0 Å². The van der Waals surface area contributed by atoms with E-state index in [1.54, 1.807) is 0 Å². The van der Waals surface area contributed by atoms with Crippen molar-refractivity contribution >= 4 is 11.6 Å². The van der Waals surface area contributed by atoms with Crippen LogP contribution in [0.1, 0.15) is 43.7 Å². The fourth-order valence-corrected chi connectivity index (χ4v) is 2.66. The van der Waals surface area contributed by atoms with E-state index in [1.807, 2.05) is 36.4 Å². The van der Waals surface area contributed by atoms with Crippen molar-refractivity contribution in [3.63, 3.8) is 0 Å². The van der Waals surface area contributed by atoms with Crippen molar-refractivity contribution in [2.75, 3.05) is 6.54 Å². The molecular formula is C20H26ClNO. The Morgan fingerprint density at radius 3 is 2.61 bits per heavy atom. The first-order valence-corrected chi connectivity index (χ1v) is 8.82. The summed E-state index contributed by atoms with van der Waals surface area (Å²) in [6, 6.07) is 16.0. The van der Waals surface area contributed by atoms with Crippen LogP contribution in [0.25, 0.3) is 0 Å². The van der Waals surface area contributed by atoms with Gasteiger partial charge in [0, 0.05) is 11.6 Å². The van der Waals surface area contributed by atoms with Gasteiger partial charge in [0.1, 0.15) is 12.4 Å². The summed E-state index contributed by atoms with van der Waals surface area (Å²) in [4.78, 5) is 0. The Hall–Kier alpha value is -1.51. The van der Waals surface area contributed by atoms with Gasteiger partial charge in [-0.05, 0) is 48.4 Å². The summed E-state index contributed by atoms with van der Waals surface area (Å²) in [7, 11) is 0. The van der Waals surface area contributed by atoms with Gasteiger partial charge in [0.2, 0.25) is 0 Å². The minimum atomic E-state index is 0.536. The average molecular weight is 332 g/mol. The minimum Gasteiger partial charge on any atom is -0.489 e. The van der Waals surface area contributed by atoms with E-state index in [0.717, 1.165) is 29.4 Å². The van der Waals surface area contributed by atoms with Gasteiger partial charge < -0.3 is 10.1 Å². The van der Waals surface area contributed by atoms with Crippen molar-refractivity contribution in [1.82, 2.24) is 5.32 Å². The quantitative estimate of drug-likeness (QED) is 0.573. The molecule has 3 heteroatoms. The highest BCUT2D eigenvalue weighted by Crippen LogP contribution is 2.17. The van der Waals surface area contributed by atoms with Crippen LogP contribution in [-0.2, 0) is 13.2 Å². The molecule has 0 aliphatic rings. The fraction of sp³-hybridized carbons (Fsp3) is 0.400. The molecule has 0 atom stereocenters. The molecule has 2 aromatic rings. The number of hydrogen-bond donors (Lipinski definition) is 1. The van der Waals surface area contributed by atoms with Crippen molar-refractivity contribution in [1.29, 1.82) is 0 Å². The summed E-state index contributed by atoms with van der Waals surface area (Å²) >= 11 is 5.99. The van der Waals surface area contributed by atoms with Crippen molar-refractivity contribution in [2.45, 2.75) is 45.8 Å². The van der Waals surface area contributed by atoms with Crippen molar-refractivity contribution in [2.24, 2.45) is 0 Å². The predicted octanol–water partition coefficient (Wildman–Crippen LogP) is 5.59. The molecule has 0 saturated carbocycles. The number of benzene rings is 2. The second kappa shape index (κ2) is 10.3. The molecular weight excluding hydrogens is 306 g/mol. The number of unbranched alkanes of at least 4 members (excludes halogenated alkanes) is 3. The molecule has 2 rings (SSSR count). The van der Waals surface area contributed by atoms with Crippen molar-refractivity contribution < 1.29 is 4.74 Å². The van der Waals surface area contributed by atoms with Gasteiger partial charge >= 0.3 is 0 Å². The van der Waals surface area contributed by atoms with Crippen LogP contribution >= 0.6 is 11.6 Å². The summed E-state index contributed by atoms with van der Waals surface area (Å²) in [5.74, 6) is 0.898. The second-order valence-corrected chi connectivity index (χ2v) is 6.24. The standard InChI is InChI=1S/C20H26ClNO/c1-2-3-4-5-12-22-15-17-8-7-11-20(14-17)23-16-18-9-6-10-19(21)13-18/h6-11,13-14,22H,2-5,12,15-16H2,1H3. The second-order valence-electron chi connectivity index (χ2n) is 5.80. The molecule has 0 unspecified atom stereocenters. The zero-order chi connectivity index (χ0) is 16.3. The highest BCUT2D eigenvalue weighted by Gasteiger charge is 1.99. The van der Waals surface area contributed by atoms with E-state index in [9.17, 15) is 0 Å². The zero-order valence-electron chi connectivity index (χ0n) is 13.9. The number of rotatable bonds is 10. The molecule has 23 heavy (non-hydrogen) atoms. The van der Waals surface area contributed by atoms with Crippen LogP contribution in [0.5, 0.6) is 5.75 Å². The first kappa shape index (κ1) is 17.8. The van der Waals surface area contributed by atoms with Gasteiger partial charge in [-0.25, -0.2) is 0 Å². The molecule has 124 valence electrons. The lowest BCUT2D eigenvalue weighted by Crippen LogP contribution is -2.14. The molecule has 1 N–H and O–H groups in total. The maximum absolute atomic E-state index is 5.99. The maximum atomic E-state index is 5.99. The molecule has 0 saturated heterocycles. The smallest absolute Gasteiger partial charge is 0.120 e. The van der Waals surface area contributed by atoms with Gasteiger partial charge in [0.15, 0.2) is 0 Å². The van der Waals surface area contributed by atoms with Crippen LogP contribution in [-0.4, -0.2) is 6.54 Å². The Balaban J connectivity index is 1.75. The lowest BCUT2D eigenvalue weighted by molar-refractivity contribution is 0.306. The number of ether oxygens (including phenoxy) is 1. The summed E-state index contributed by atoms with van der Waals surface area (Å²) < 4.78 is 5.86. The number of hydrogen-bond acceptors (Lipinski definition) is 2. The predicted molar refractivity (Wildman–Crippen MR) is 98.1 cm³/mol. The summed E-state index contributed by atoms with van der Waals surface area (Å²) in [5, 5.41) is 4.24. The molecule has 0 amide bonds. The molecule has 0 fully saturated rings. The third-order valence-electron chi connectivity index (χ3n) is 3.73. The van der Waals surface area contributed by atoms with E-state index in [2.05, 4.69) is 24.4 Å². The topological polar surface area (TPSA) is 21.3 Å². The molecule has 0 heterocycles. The van der Waals surface area contributed by atoms with Crippen LogP contribution in [0.2, 0.25) is 5.02 Å². The monoisotopic (exact) mass is 331 g/mol. The lowest BCUT2D eigenvalue weighted by Gasteiger charge is -2.09. The first-order valence-electron chi connectivity index (χ1n) is 8.45. The van der Waals surface area contributed by atoms with Gasteiger partial charge in [0.05, 0.1) is 0 Å². The molecule has 0 aromatic heterocycles. The molecule has 0 aliphatic carbocycles. The van der Waals surface area contributed by atoms with Crippen LogP contribution < -0.4 is 10.1 Å². The van der Waals surface area contributed by atoms with Crippen molar-refractivity contribution in [3.05, 3.63) is 64.7 Å². The normalized spacial score (nSPS) is 10.7. The SMILES string of the molecule is CCCCCCNCc1cccc(OCc2cccc(Cl)c2)c1. The van der Waals surface area contributed by atoms with E-state index in [0.29, 0.717) is 6.61 Å². The Labute approximate surface area is 144 Å². The van der Waals surface area contributed by atoms with Crippen LogP contribution in [0.15, 0.2) is 48.5 Å². The number of nitrogens with one attached hydrogen (secondary N) is 1. The van der Waals surface area contributed by atoms with Gasteiger partial charge in [-0.1, -0.05) is 62.1 Å². The summed E-state index contributed by atoms with van der Waals surface area (Å²) in [6.45, 7) is 4.74. The Kier molecular flexibility index (Phi) is 7.99.